The highest BCUT2D eigenvalue weighted by Crippen LogP contribution is 2.31. The van der Waals surface area contributed by atoms with Crippen molar-refractivity contribution < 1.29 is 13.2 Å². The van der Waals surface area contributed by atoms with Crippen molar-refractivity contribution in [2.75, 3.05) is 0 Å². The normalized spacial score (nSPS) is 12.0. The second-order valence-corrected chi connectivity index (χ2v) is 6.41. The first-order valence-electron chi connectivity index (χ1n) is 7.29. The number of tetrazole rings is 1. The smallest absolute Gasteiger partial charge is 0.239 e. The number of halogens is 3. The maximum absolute atomic E-state index is 12.8. The Balaban J connectivity index is 1.60. The van der Waals surface area contributed by atoms with Crippen molar-refractivity contribution in [1.29, 1.82) is 0 Å². The van der Waals surface area contributed by atoms with Crippen LogP contribution < -0.4 is 0 Å². The molecule has 0 bridgehead atoms. The van der Waals surface area contributed by atoms with Crippen LogP contribution in [0, 0.1) is 0 Å². The Labute approximate surface area is 143 Å². The fraction of sp³-hybridized carbons (Fsp3) is 0.125. The average molecular weight is 361 g/mol. The molecular weight excluding hydrogens is 351 g/mol. The van der Waals surface area contributed by atoms with E-state index in [1.807, 2.05) is 24.3 Å². The molecule has 0 radical (unpaired) electrons. The number of nitrogens with zero attached hydrogens (tertiary/aromatic N) is 5. The molecule has 0 saturated carbocycles. The molecule has 0 aliphatic heterocycles. The number of thiazole rings is 1. The van der Waals surface area contributed by atoms with E-state index in [0.29, 0.717) is 6.54 Å². The molecule has 0 saturated heterocycles. The Morgan fingerprint density at radius 1 is 1.04 bits per heavy atom. The van der Waals surface area contributed by atoms with E-state index in [0.717, 1.165) is 27.4 Å². The number of hydrogen-bond acceptors (Lipinski definition) is 5. The zero-order valence-corrected chi connectivity index (χ0v) is 13.4. The van der Waals surface area contributed by atoms with Crippen LogP contribution in [0.5, 0.6) is 0 Å². The van der Waals surface area contributed by atoms with Gasteiger partial charge in [-0.05, 0) is 29.5 Å². The van der Waals surface area contributed by atoms with Crippen LogP contribution in [0.15, 0.2) is 48.5 Å². The van der Waals surface area contributed by atoms with Crippen molar-refractivity contribution in [3.05, 3.63) is 59.1 Å². The van der Waals surface area contributed by atoms with Crippen LogP contribution in [0.4, 0.5) is 13.2 Å². The van der Waals surface area contributed by atoms with E-state index in [-0.39, 0.29) is 11.4 Å². The number of rotatable bonds is 3. The molecule has 0 atom stereocenters. The molecular formula is C16H10F3N5S. The molecule has 2 aromatic heterocycles. The van der Waals surface area contributed by atoms with Gasteiger partial charge in [0.1, 0.15) is 11.6 Å². The van der Waals surface area contributed by atoms with Gasteiger partial charge in [-0.25, -0.2) is 4.98 Å². The molecule has 5 nitrogen and oxygen atoms in total. The van der Waals surface area contributed by atoms with E-state index >= 15 is 0 Å². The lowest BCUT2D eigenvalue weighted by molar-refractivity contribution is -0.137. The van der Waals surface area contributed by atoms with Crippen LogP contribution in [0.25, 0.3) is 21.6 Å². The number of alkyl halides is 3. The highest BCUT2D eigenvalue weighted by molar-refractivity contribution is 7.18. The topological polar surface area (TPSA) is 56.5 Å². The highest BCUT2D eigenvalue weighted by atomic mass is 32.1. The van der Waals surface area contributed by atoms with Crippen molar-refractivity contribution in [2.24, 2.45) is 0 Å². The predicted molar refractivity (Wildman–Crippen MR) is 87.0 cm³/mol. The molecule has 126 valence electrons. The quantitative estimate of drug-likeness (QED) is 0.553. The summed E-state index contributed by atoms with van der Waals surface area (Å²) in [4.78, 5) is 5.80. The molecule has 0 unspecified atom stereocenters. The lowest BCUT2D eigenvalue weighted by Crippen LogP contribution is -2.05. The van der Waals surface area contributed by atoms with Crippen molar-refractivity contribution in [3.8, 4) is 11.4 Å². The van der Waals surface area contributed by atoms with Gasteiger partial charge in [-0.3, -0.25) is 0 Å². The molecule has 25 heavy (non-hydrogen) atoms. The first-order valence-corrected chi connectivity index (χ1v) is 8.10. The maximum Gasteiger partial charge on any atom is 0.416 e. The summed E-state index contributed by atoms with van der Waals surface area (Å²) >= 11 is 1.51. The van der Waals surface area contributed by atoms with Gasteiger partial charge in [0.15, 0.2) is 0 Å². The Kier molecular flexibility index (Phi) is 3.72. The van der Waals surface area contributed by atoms with Crippen LogP contribution in [0.2, 0.25) is 0 Å². The van der Waals surface area contributed by atoms with Gasteiger partial charge in [0.25, 0.3) is 0 Å². The first-order chi connectivity index (χ1) is 12.0. The standard InChI is InChI=1S/C16H10F3N5S/c17-16(18,19)11-5-3-4-10(8-11)15-21-23-24(22-15)9-14-20-12-6-1-2-7-13(12)25-14/h1-8H,9H2. The Morgan fingerprint density at radius 3 is 2.68 bits per heavy atom. The van der Waals surface area contributed by atoms with Gasteiger partial charge in [0.05, 0.1) is 15.8 Å². The van der Waals surface area contributed by atoms with Crippen molar-refractivity contribution in [2.45, 2.75) is 12.7 Å². The van der Waals surface area contributed by atoms with E-state index < -0.39 is 11.7 Å². The summed E-state index contributed by atoms with van der Waals surface area (Å²) in [6, 6.07) is 12.6. The summed E-state index contributed by atoms with van der Waals surface area (Å²) in [5.74, 6) is 0.146. The van der Waals surface area contributed by atoms with Gasteiger partial charge >= 0.3 is 6.18 Å². The molecule has 4 aromatic rings. The molecule has 0 N–H and O–H groups in total. The predicted octanol–water partition coefficient (Wildman–Crippen LogP) is 4.02. The van der Waals surface area contributed by atoms with Crippen LogP contribution >= 0.6 is 11.3 Å². The molecule has 0 spiro atoms. The number of benzene rings is 2. The average Bonchev–Trinajstić information content (AvgIpc) is 3.20. The lowest BCUT2D eigenvalue weighted by atomic mass is 10.1. The van der Waals surface area contributed by atoms with Crippen molar-refractivity contribution in [1.82, 2.24) is 25.2 Å². The first kappa shape index (κ1) is 15.7. The second kappa shape index (κ2) is 5.92. The molecule has 0 amide bonds. The second-order valence-electron chi connectivity index (χ2n) is 5.30. The van der Waals surface area contributed by atoms with E-state index in [2.05, 4.69) is 20.4 Å². The van der Waals surface area contributed by atoms with Gasteiger partial charge < -0.3 is 0 Å². The summed E-state index contributed by atoms with van der Waals surface area (Å²) < 4.78 is 39.5. The third-order valence-electron chi connectivity index (χ3n) is 3.52. The fourth-order valence-electron chi connectivity index (χ4n) is 2.37. The molecule has 9 heteroatoms. The SMILES string of the molecule is FC(F)(F)c1cccc(-c2nnn(Cc3nc4ccccc4s3)n2)c1. The Hall–Kier alpha value is -2.81. The fourth-order valence-corrected chi connectivity index (χ4v) is 3.31. The molecule has 2 heterocycles. The monoisotopic (exact) mass is 361 g/mol. The summed E-state index contributed by atoms with van der Waals surface area (Å²) in [5, 5.41) is 12.7. The number of aromatic nitrogens is 5. The molecule has 0 aliphatic rings. The third-order valence-corrected chi connectivity index (χ3v) is 4.54. The summed E-state index contributed by atoms with van der Waals surface area (Å²) in [6.45, 7) is 0.311. The minimum Gasteiger partial charge on any atom is -0.239 e. The highest BCUT2D eigenvalue weighted by Gasteiger charge is 2.30. The Bertz CT molecular complexity index is 1000. The molecule has 0 aliphatic carbocycles. The van der Waals surface area contributed by atoms with Crippen LogP contribution in [-0.4, -0.2) is 25.2 Å². The summed E-state index contributed by atoms with van der Waals surface area (Å²) in [5.41, 5.74) is 0.415. The number of hydrogen-bond donors (Lipinski definition) is 0. The van der Waals surface area contributed by atoms with Crippen LogP contribution in [0.3, 0.4) is 0 Å². The Morgan fingerprint density at radius 2 is 1.88 bits per heavy atom. The molecule has 0 fully saturated rings. The lowest BCUT2D eigenvalue weighted by Gasteiger charge is -2.06. The van der Waals surface area contributed by atoms with Gasteiger partial charge in [-0.15, -0.1) is 21.5 Å². The minimum absolute atomic E-state index is 0.146. The van der Waals surface area contributed by atoms with E-state index in [1.165, 1.54) is 28.3 Å². The van der Waals surface area contributed by atoms with Gasteiger partial charge in [-0.2, -0.15) is 18.0 Å². The van der Waals surface area contributed by atoms with Crippen LogP contribution in [0.1, 0.15) is 10.6 Å². The van der Waals surface area contributed by atoms with E-state index in [9.17, 15) is 13.2 Å². The molecule has 4 rings (SSSR count). The third kappa shape index (κ3) is 3.22. The largest absolute Gasteiger partial charge is 0.416 e. The minimum atomic E-state index is -4.41. The zero-order chi connectivity index (χ0) is 17.4. The summed E-state index contributed by atoms with van der Waals surface area (Å²) in [7, 11) is 0. The van der Waals surface area contributed by atoms with E-state index in [4.69, 9.17) is 0 Å². The van der Waals surface area contributed by atoms with Crippen LogP contribution in [-0.2, 0) is 12.7 Å². The van der Waals surface area contributed by atoms with Gasteiger partial charge in [0.2, 0.25) is 5.82 Å². The van der Waals surface area contributed by atoms with Gasteiger partial charge in [0, 0.05) is 5.56 Å². The van der Waals surface area contributed by atoms with Gasteiger partial charge in [-0.1, -0.05) is 24.3 Å². The van der Waals surface area contributed by atoms with Crippen molar-refractivity contribution in [3.63, 3.8) is 0 Å². The maximum atomic E-state index is 12.8. The number of fused-ring (bicyclic) bond motifs is 1. The van der Waals surface area contributed by atoms with Crippen molar-refractivity contribution >= 4 is 21.6 Å². The van der Waals surface area contributed by atoms with E-state index in [1.54, 1.807) is 0 Å². The zero-order valence-electron chi connectivity index (χ0n) is 12.6. The molecule has 2 aromatic carbocycles. The summed E-state index contributed by atoms with van der Waals surface area (Å²) in [6.07, 6.45) is -4.41. The number of para-hydroxylation sites is 1.